The highest BCUT2D eigenvalue weighted by molar-refractivity contribution is 7.92. The predicted octanol–water partition coefficient (Wildman–Crippen LogP) is 2.18. The number of benzene rings is 2. The van der Waals surface area contributed by atoms with Crippen LogP contribution in [-0.2, 0) is 14.8 Å². The average molecular weight is 430 g/mol. The van der Waals surface area contributed by atoms with Crippen LogP contribution in [0.15, 0.2) is 42.5 Å². The number of para-hydroxylation sites is 2. The van der Waals surface area contributed by atoms with Gasteiger partial charge in [-0.05, 0) is 43.2 Å². The number of fused-ring (bicyclic) bond motifs is 1. The normalized spacial score (nSPS) is 19.3. The van der Waals surface area contributed by atoms with E-state index in [0.29, 0.717) is 24.5 Å². The molecule has 2 aromatic rings. The van der Waals surface area contributed by atoms with E-state index in [1.54, 1.807) is 29.2 Å². The zero-order chi connectivity index (χ0) is 21.5. The van der Waals surface area contributed by atoms with Crippen molar-refractivity contribution in [1.82, 2.24) is 4.90 Å². The molecule has 0 N–H and O–H groups in total. The minimum Gasteiger partial charge on any atom is -0.476 e. The first-order valence-corrected chi connectivity index (χ1v) is 11.9. The summed E-state index contributed by atoms with van der Waals surface area (Å²) in [5, 5.41) is 0. The summed E-state index contributed by atoms with van der Waals surface area (Å²) in [7, 11) is -3.52. The van der Waals surface area contributed by atoms with Crippen LogP contribution in [0.2, 0.25) is 0 Å². The minimum absolute atomic E-state index is 0.00805. The van der Waals surface area contributed by atoms with Crippen LogP contribution in [-0.4, -0.2) is 64.3 Å². The zero-order valence-electron chi connectivity index (χ0n) is 17.5. The van der Waals surface area contributed by atoms with Gasteiger partial charge >= 0.3 is 0 Å². The Bertz CT molecular complexity index is 1060. The van der Waals surface area contributed by atoms with Gasteiger partial charge in [-0.2, -0.15) is 0 Å². The van der Waals surface area contributed by atoms with Crippen LogP contribution in [0, 0.1) is 13.8 Å². The quantitative estimate of drug-likeness (QED) is 0.748. The van der Waals surface area contributed by atoms with E-state index in [4.69, 9.17) is 4.74 Å². The molecular weight excluding hydrogens is 402 g/mol. The molecule has 2 aromatic carbocycles. The van der Waals surface area contributed by atoms with E-state index >= 15 is 0 Å². The molecule has 0 spiro atoms. The molecule has 0 unspecified atom stereocenters. The molecule has 30 heavy (non-hydrogen) atoms. The van der Waals surface area contributed by atoms with Gasteiger partial charge in [0.25, 0.3) is 5.91 Å². The molecule has 2 aliphatic heterocycles. The van der Waals surface area contributed by atoms with E-state index < -0.39 is 16.1 Å². The molecule has 1 amide bonds. The van der Waals surface area contributed by atoms with Gasteiger partial charge in [-0.25, -0.2) is 8.42 Å². The maximum absolute atomic E-state index is 13.2. The first-order chi connectivity index (χ1) is 14.3. The summed E-state index contributed by atoms with van der Waals surface area (Å²) in [6.07, 6.45) is 0.307. The summed E-state index contributed by atoms with van der Waals surface area (Å²) in [4.78, 5) is 17.2. The molecule has 7 nitrogen and oxygen atoms in total. The van der Waals surface area contributed by atoms with Crippen LogP contribution in [0.5, 0.6) is 5.75 Å². The summed E-state index contributed by atoms with van der Waals surface area (Å²) >= 11 is 0. The van der Waals surface area contributed by atoms with E-state index in [1.165, 1.54) is 21.1 Å². The molecule has 160 valence electrons. The van der Waals surface area contributed by atoms with Crippen molar-refractivity contribution in [3.8, 4) is 5.75 Å². The first kappa shape index (κ1) is 20.5. The topological polar surface area (TPSA) is 70.2 Å². The van der Waals surface area contributed by atoms with Gasteiger partial charge < -0.3 is 14.5 Å². The number of carbonyl (C=O) groups is 1. The smallest absolute Gasteiger partial charge is 0.265 e. The number of hydrogen-bond donors (Lipinski definition) is 0. The molecule has 0 aliphatic carbocycles. The number of carbonyl (C=O) groups excluding carboxylic acids is 1. The second-order valence-electron chi connectivity index (χ2n) is 7.90. The van der Waals surface area contributed by atoms with Gasteiger partial charge in [0.2, 0.25) is 10.0 Å². The average Bonchev–Trinajstić information content (AvgIpc) is 2.74. The van der Waals surface area contributed by atoms with Crippen molar-refractivity contribution < 1.29 is 17.9 Å². The zero-order valence-corrected chi connectivity index (χ0v) is 18.4. The SMILES string of the molecule is Cc1cccc(N2CCN(C(=O)[C@H]3CN(S(C)(=O)=O)c4ccccc4O3)CC2)c1C. The summed E-state index contributed by atoms with van der Waals surface area (Å²) in [6, 6.07) is 13.2. The lowest BCUT2D eigenvalue weighted by atomic mass is 10.1. The third-order valence-electron chi connectivity index (χ3n) is 5.92. The Hall–Kier alpha value is -2.74. The Morgan fingerprint density at radius 2 is 1.63 bits per heavy atom. The van der Waals surface area contributed by atoms with Gasteiger partial charge in [0.15, 0.2) is 6.10 Å². The highest BCUT2D eigenvalue weighted by Crippen LogP contribution is 2.35. The van der Waals surface area contributed by atoms with Gasteiger partial charge in [-0.15, -0.1) is 0 Å². The Kier molecular flexibility index (Phi) is 5.36. The number of anilines is 2. The van der Waals surface area contributed by atoms with Gasteiger partial charge in [0, 0.05) is 31.9 Å². The largest absolute Gasteiger partial charge is 0.476 e. The summed E-state index contributed by atoms with van der Waals surface area (Å²) in [5.41, 5.74) is 4.19. The van der Waals surface area contributed by atoms with E-state index in [0.717, 1.165) is 19.3 Å². The molecule has 8 heteroatoms. The van der Waals surface area contributed by atoms with Crippen LogP contribution in [0.3, 0.4) is 0 Å². The molecule has 2 aliphatic rings. The van der Waals surface area contributed by atoms with Crippen LogP contribution < -0.4 is 13.9 Å². The molecule has 0 aromatic heterocycles. The third kappa shape index (κ3) is 3.84. The monoisotopic (exact) mass is 429 g/mol. The van der Waals surface area contributed by atoms with Crippen molar-refractivity contribution in [2.24, 2.45) is 0 Å². The fourth-order valence-corrected chi connectivity index (χ4v) is 5.01. The number of nitrogens with zero attached hydrogens (tertiary/aromatic N) is 3. The second-order valence-corrected chi connectivity index (χ2v) is 9.81. The van der Waals surface area contributed by atoms with E-state index in [2.05, 4.69) is 36.9 Å². The summed E-state index contributed by atoms with van der Waals surface area (Å²) < 4.78 is 31.8. The molecule has 4 rings (SSSR count). The number of aryl methyl sites for hydroxylation is 1. The number of amides is 1. The molecule has 2 heterocycles. The van der Waals surface area contributed by atoms with Crippen molar-refractivity contribution in [3.05, 3.63) is 53.6 Å². The predicted molar refractivity (Wildman–Crippen MR) is 118 cm³/mol. The Morgan fingerprint density at radius 3 is 2.33 bits per heavy atom. The second kappa shape index (κ2) is 7.83. The first-order valence-electron chi connectivity index (χ1n) is 10.1. The third-order valence-corrected chi connectivity index (χ3v) is 7.07. The van der Waals surface area contributed by atoms with E-state index in [1.807, 2.05) is 0 Å². The molecule has 0 saturated carbocycles. The molecule has 1 atom stereocenters. The number of ether oxygens (including phenoxy) is 1. The Morgan fingerprint density at radius 1 is 0.967 bits per heavy atom. The van der Waals surface area contributed by atoms with Crippen LogP contribution in [0.25, 0.3) is 0 Å². The Labute approximate surface area is 177 Å². The molecule has 1 fully saturated rings. The van der Waals surface area contributed by atoms with Crippen LogP contribution in [0.4, 0.5) is 11.4 Å². The summed E-state index contributed by atoms with van der Waals surface area (Å²) in [6.45, 7) is 6.83. The van der Waals surface area contributed by atoms with Crippen LogP contribution in [0.1, 0.15) is 11.1 Å². The molecule has 1 saturated heterocycles. The van der Waals surface area contributed by atoms with Crippen molar-refractivity contribution in [1.29, 1.82) is 0 Å². The fourth-order valence-electron chi connectivity index (χ4n) is 4.09. The number of piperazine rings is 1. The maximum atomic E-state index is 13.2. The highest BCUT2D eigenvalue weighted by Gasteiger charge is 2.37. The highest BCUT2D eigenvalue weighted by atomic mass is 32.2. The van der Waals surface area contributed by atoms with Gasteiger partial charge in [-0.1, -0.05) is 24.3 Å². The Balaban J connectivity index is 1.48. The standard InChI is InChI=1S/C22H27N3O4S/c1-16-7-6-9-18(17(16)2)23-11-13-24(14-12-23)22(26)21-15-25(30(3,27)28)19-8-4-5-10-20(19)29-21/h4-10,21H,11-15H2,1-3H3/t21-/m1/s1. The van der Waals surface area contributed by atoms with Gasteiger partial charge in [0.05, 0.1) is 18.5 Å². The fraction of sp³-hybridized carbons (Fsp3) is 0.409. The number of sulfonamides is 1. The number of hydrogen-bond acceptors (Lipinski definition) is 5. The van der Waals surface area contributed by atoms with Crippen molar-refractivity contribution in [2.45, 2.75) is 20.0 Å². The van der Waals surface area contributed by atoms with Crippen molar-refractivity contribution in [3.63, 3.8) is 0 Å². The maximum Gasteiger partial charge on any atom is 0.265 e. The molecular formula is C22H27N3O4S. The van der Waals surface area contributed by atoms with Crippen LogP contribution >= 0.6 is 0 Å². The lowest BCUT2D eigenvalue weighted by molar-refractivity contribution is -0.138. The minimum atomic E-state index is -3.52. The van der Waals surface area contributed by atoms with E-state index in [9.17, 15) is 13.2 Å². The lowest BCUT2D eigenvalue weighted by Crippen LogP contribution is -2.56. The van der Waals surface area contributed by atoms with Gasteiger partial charge in [0.1, 0.15) is 5.75 Å². The van der Waals surface area contributed by atoms with Gasteiger partial charge in [-0.3, -0.25) is 9.10 Å². The van der Waals surface area contributed by atoms with E-state index in [-0.39, 0.29) is 12.5 Å². The summed E-state index contributed by atoms with van der Waals surface area (Å²) in [5.74, 6) is 0.250. The number of rotatable bonds is 3. The van der Waals surface area contributed by atoms with Crippen molar-refractivity contribution >= 4 is 27.3 Å². The molecule has 0 bridgehead atoms. The van der Waals surface area contributed by atoms with Crippen molar-refractivity contribution in [2.75, 3.05) is 48.2 Å². The lowest BCUT2D eigenvalue weighted by Gasteiger charge is -2.40. The molecule has 0 radical (unpaired) electrons.